The number of nitrogens with zero attached hydrogens (tertiary/aromatic N) is 2. The molecular formula is C12H14I2N2. The molecule has 0 aliphatic rings. The Morgan fingerprint density at radius 1 is 0.812 bits per heavy atom. The summed E-state index contributed by atoms with van der Waals surface area (Å²) < 4.78 is 4.15. The molecule has 2 aromatic rings. The molecule has 2 aromatic heterocycles. The molecule has 2 heterocycles. The van der Waals surface area contributed by atoms with Gasteiger partial charge in [0.2, 0.25) is 5.69 Å². The van der Waals surface area contributed by atoms with Gasteiger partial charge in [-0.3, -0.25) is 0 Å². The Kier molecular flexibility index (Phi) is 7.05. The highest BCUT2D eigenvalue weighted by atomic mass is 127. The molecule has 0 atom stereocenters. The van der Waals surface area contributed by atoms with Crippen molar-refractivity contribution in [3.8, 4) is 11.3 Å². The first-order valence-corrected chi connectivity index (χ1v) is 4.68. The van der Waals surface area contributed by atoms with Crippen LogP contribution in [-0.2, 0) is 14.1 Å². The molecule has 0 bridgehead atoms. The maximum Gasteiger partial charge on any atom is 0.212 e. The van der Waals surface area contributed by atoms with E-state index in [0.717, 1.165) is 0 Å². The minimum absolute atomic E-state index is 0. The molecular weight excluding hydrogens is 426 g/mol. The maximum atomic E-state index is 2.12. The van der Waals surface area contributed by atoms with Crippen LogP contribution in [0.25, 0.3) is 11.3 Å². The van der Waals surface area contributed by atoms with Crippen molar-refractivity contribution in [1.82, 2.24) is 0 Å². The molecule has 0 radical (unpaired) electrons. The smallest absolute Gasteiger partial charge is 0.212 e. The summed E-state index contributed by atoms with van der Waals surface area (Å²) in [4.78, 5) is 0. The highest BCUT2D eigenvalue weighted by Gasteiger charge is 2.08. The zero-order valence-electron chi connectivity index (χ0n) is 9.27. The highest BCUT2D eigenvalue weighted by molar-refractivity contribution is 5.53. The summed E-state index contributed by atoms with van der Waals surface area (Å²) in [7, 11) is 4.08. The van der Waals surface area contributed by atoms with E-state index in [1.165, 1.54) is 11.3 Å². The molecule has 0 aromatic carbocycles. The van der Waals surface area contributed by atoms with Gasteiger partial charge in [-0.15, -0.1) is 0 Å². The van der Waals surface area contributed by atoms with Gasteiger partial charge in [-0.2, -0.15) is 0 Å². The van der Waals surface area contributed by atoms with Gasteiger partial charge in [-0.25, -0.2) is 9.13 Å². The standard InChI is InChI=1S/C12H14N2.2HI/c1-13-9-6-11(7-10-13)12-5-3-4-8-14(12)2;;/h3-10H,1-2H3;2*1H/q+2;;/p-2. The first kappa shape index (κ1) is 15.8. The van der Waals surface area contributed by atoms with E-state index in [1.54, 1.807) is 0 Å². The van der Waals surface area contributed by atoms with Gasteiger partial charge in [0.15, 0.2) is 18.6 Å². The predicted octanol–water partition coefficient (Wildman–Crippen LogP) is -4.99. The van der Waals surface area contributed by atoms with Crippen LogP contribution in [0, 0.1) is 0 Å². The Labute approximate surface area is 130 Å². The Morgan fingerprint density at radius 3 is 2.00 bits per heavy atom. The fourth-order valence-corrected chi connectivity index (χ4v) is 1.49. The Hall–Kier alpha value is -0.240. The molecule has 0 aliphatic heterocycles. The van der Waals surface area contributed by atoms with Gasteiger partial charge in [0.1, 0.15) is 14.1 Å². The van der Waals surface area contributed by atoms with Gasteiger partial charge >= 0.3 is 0 Å². The van der Waals surface area contributed by atoms with Crippen LogP contribution in [0.1, 0.15) is 0 Å². The third kappa shape index (κ3) is 3.65. The van der Waals surface area contributed by atoms with Gasteiger partial charge < -0.3 is 48.0 Å². The summed E-state index contributed by atoms with van der Waals surface area (Å²) >= 11 is 0. The lowest BCUT2D eigenvalue weighted by atomic mass is 10.2. The summed E-state index contributed by atoms with van der Waals surface area (Å²) in [6.45, 7) is 0. The Balaban J connectivity index is 0.00000112. The lowest BCUT2D eigenvalue weighted by molar-refractivity contribution is -0.672. The average Bonchev–Trinajstić information content (AvgIpc) is 2.20. The monoisotopic (exact) mass is 440 g/mol. The van der Waals surface area contributed by atoms with Crippen LogP contribution in [0.2, 0.25) is 0 Å². The lowest BCUT2D eigenvalue weighted by Crippen LogP contribution is -3.00. The quantitative estimate of drug-likeness (QED) is 0.310. The molecule has 0 saturated carbocycles. The molecule has 86 valence electrons. The summed E-state index contributed by atoms with van der Waals surface area (Å²) in [5.41, 5.74) is 2.47. The van der Waals surface area contributed by atoms with Crippen LogP contribution >= 0.6 is 0 Å². The minimum Gasteiger partial charge on any atom is -1.00 e. The van der Waals surface area contributed by atoms with Crippen molar-refractivity contribution in [2.24, 2.45) is 14.1 Å². The van der Waals surface area contributed by atoms with E-state index in [0.29, 0.717) is 0 Å². The molecule has 0 fully saturated rings. The third-order valence-corrected chi connectivity index (χ3v) is 2.33. The fourth-order valence-electron chi connectivity index (χ4n) is 1.49. The van der Waals surface area contributed by atoms with Crippen molar-refractivity contribution >= 4 is 0 Å². The van der Waals surface area contributed by atoms with Crippen molar-refractivity contribution in [1.29, 1.82) is 0 Å². The van der Waals surface area contributed by atoms with Gasteiger partial charge in [0.25, 0.3) is 0 Å². The predicted molar refractivity (Wildman–Crippen MR) is 54.2 cm³/mol. The molecule has 0 saturated heterocycles. The molecule has 16 heavy (non-hydrogen) atoms. The van der Waals surface area contributed by atoms with Crippen molar-refractivity contribution in [2.75, 3.05) is 0 Å². The van der Waals surface area contributed by atoms with Crippen LogP contribution < -0.4 is 57.1 Å². The summed E-state index contributed by atoms with van der Waals surface area (Å²) in [6.07, 6.45) is 6.17. The van der Waals surface area contributed by atoms with Crippen LogP contribution in [0.5, 0.6) is 0 Å². The van der Waals surface area contributed by atoms with E-state index in [9.17, 15) is 0 Å². The maximum absolute atomic E-state index is 2.12. The summed E-state index contributed by atoms with van der Waals surface area (Å²) in [5, 5.41) is 0. The van der Waals surface area contributed by atoms with E-state index in [1.807, 2.05) is 17.7 Å². The normalized spacial score (nSPS) is 8.88. The number of aromatic nitrogens is 2. The largest absolute Gasteiger partial charge is 1.00 e. The Bertz CT molecular complexity index is 441. The zero-order chi connectivity index (χ0) is 9.97. The molecule has 0 unspecified atom stereocenters. The van der Waals surface area contributed by atoms with Crippen molar-refractivity contribution in [2.45, 2.75) is 0 Å². The molecule has 0 amide bonds. The van der Waals surface area contributed by atoms with E-state index >= 15 is 0 Å². The molecule has 0 N–H and O–H groups in total. The lowest BCUT2D eigenvalue weighted by Gasteiger charge is -1.97. The number of halogens is 2. The Morgan fingerprint density at radius 2 is 1.44 bits per heavy atom. The second kappa shape index (κ2) is 7.16. The van der Waals surface area contributed by atoms with E-state index in [4.69, 9.17) is 0 Å². The molecule has 2 rings (SSSR count). The number of hydrogen-bond acceptors (Lipinski definition) is 0. The van der Waals surface area contributed by atoms with Crippen molar-refractivity contribution in [3.05, 3.63) is 48.9 Å². The van der Waals surface area contributed by atoms with E-state index in [2.05, 4.69) is 54.5 Å². The average molecular weight is 440 g/mol. The van der Waals surface area contributed by atoms with Gasteiger partial charge in [-0.05, 0) is 6.07 Å². The van der Waals surface area contributed by atoms with Crippen LogP contribution in [0.3, 0.4) is 0 Å². The van der Waals surface area contributed by atoms with Crippen LogP contribution in [-0.4, -0.2) is 0 Å². The van der Waals surface area contributed by atoms with Gasteiger partial charge in [-0.1, -0.05) is 0 Å². The third-order valence-electron chi connectivity index (χ3n) is 2.33. The number of aryl methyl sites for hydroxylation is 2. The fraction of sp³-hybridized carbons (Fsp3) is 0.167. The SMILES string of the molecule is C[n+]1ccc(-c2cccc[n+]2C)cc1.[I-].[I-]. The molecule has 4 heteroatoms. The first-order valence-electron chi connectivity index (χ1n) is 4.68. The van der Waals surface area contributed by atoms with Crippen LogP contribution in [0.15, 0.2) is 48.9 Å². The first-order chi connectivity index (χ1) is 6.77. The summed E-state index contributed by atoms with van der Waals surface area (Å²) in [5.74, 6) is 0. The van der Waals surface area contributed by atoms with Crippen molar-refractivity contribution < 1.29 is 57.1 Å². The molecule has 0 spiro atoms. The number of pyridine rings is 2. The highest BCUT2D eigenvalue weighted by Crippen LogP contribution is 2.11. The minimum atomic E-state index is 0. The second-order valence-electron chi connectivity index (χ2n) is 3.45. The van der Waals surface area contributed by atoms with E-state index in [-0.39, 0.29) is 48.0 Å². The zero-order valence-corrected chi connectivity index (χ0v) is 13.6. The molecule has 2 nitrogen and oxygen atoms in total. The number of rotatable bonds is 1. The van der Waals surface area contributed by atoms with Gasteiger partial charge in [0.05, 0.1) is 5.56 Å². The second-order valence-corrected chi connectivity index (χ2v) is 3.45. The molecule has 0 aliphatic carbocycles. The topological polar surface area (TPSA) is 7.76 Å². The van der Waals surface area contributed by atoms with Gasteiger partial charge in [0, 0.05) is 24.3 Å². The number of hydrogen-bond donors (Lipinski definition) is 0. The van der Waals surface area contributed by atoms with Crippen LogP contribution in [0.4, 0.5) is 0 Å². The van der Waals surface area contributed by atoms with Crippen molar-refractivity contribution in [3.63, 3.8) is 0 Å². The van der Waals surface area contributed by atoms with E-state index < -0.39 is 0 Å². The summed E-state index contributed by atoms with van der Waals surface area (Å²) in [6, 6.07) is 10.5.